The van der Waals surface area contributed by atoms with E-state index in [-0.39, 0.29) is 10.6 Å². The molecule has 1 rings (SSSR count). The van der Waals surface area contributed by atoms with Crippen molar-refractivity contribution in [2.24, 2.45) is 0 Å². The maximum atomic E-state index is 11.4. The van der Waals surface area contributed by atoms with Crippen LogP contribution in [0.4, 0.5) is 0 Å². The Balaban J connectivity index is 3.56. The number of aryl methyl sites for hydroxylation is 1. The van der Waals surface area contributed by atoms with Crippen LogP contribution in [0.5, 0.6) is 0 Å². The first-order valence-corrected chi connectivity index (χ1v) is 5.31. The van der Waals surface area contributed by atoms with E-state index < -0.39 is 9.84 Å². The molecule has 0 aliphatic heterocycles. The number of hydrogen-bond donors (Lipinski definition) is 0. The minimum Gasteiger partial charge on any atom is -0.240 e. The van der Waals surface area contributed by atoms with Gasteiger partial charge in [0.25, 0.3) is 0 Å². The van der Waals surface area contributed by atoms with Gasteiger partial charge in [-0.1, -0.05) is 6.58 Å². The van der Waals surface area contributed by atoms with Crippen molar-refractivity contribution in [1.29, 1.82) is 5.26 Å². The smallest absolute Gasteiger partial charge is 0.217 e. The van der Waals surface area contributed by atoms with E-state index in [4.69, 9.17) is 5.26 Å². The van der Waals surface area contributed by atoms with Gasteiger partial charge >= 0.3 is 0 Å². The minimum atomic E-state index is -3.63. The molecular formula is C9H8N2O2S. The topological polar surface area (TPSA) is 70.8 Å². The molecule has 0 saturated carbocycles. The van der Waals surface area contributed by atoms with Gasteiger partial charge < -0.3 is 0 Å². The van der Waals surface area contributed by atoms with Crippen molar-refractivity contribution in [2.45, 2.75) is 11.9 Å². The maximum Gasteiger partial charge on any atom is 0.217 e. The standard InChI is InChI=1S/C9H8N2O2S/c1-3-14(12,13)9-8(6-10)5-4-7(2)11-9/h3-5H,1H2,2H3. The lowest BCUT2D eigenvalue weighted by atomic mass is 10.3. The Hall–Kier alpha value is -1.67. The molecule has 0 aliphatic rings. The zero-order valence-corrected chi connectivity index (χ0v) is 8.37. The molecule has 0 N–H and O–H groups in total. The van der Waals surface area contributed by atoms with Crippen molar-refractivity contribution in [2.75, 3.05) is 0 Å². The summed E-state index contributed by atoms with van der Waals surface area (Å²) in [6, 6.07) is 4.79. The van der Waals surface area contributed by atoms with Gasteiger partial charge in [0.2, 0.25) is 9.84 Å². The van der Waals surface area contributed by atoms with E-state index in [1.807, 2.05) is 0 Å². The molecule has 0 aromatic carbocycles. The minimum absolute atomic E-state index is 0.0375. The van der Waals surface area contributed by atoms with E-state index in [1.165, 1.54) is 6.07 Å². The number of sulfone groups is 1. The van der Waals surface area contributed by atoms with E-state index in [2.05, 4.69) is 11.6 Å². The van der Waals surface area contributed by atoms with E-state index >= 15 is 0 Å². The van der Waals surface area contributed by atoms with Gasteiger partial charge in [0, 0.05) is 11.1 Å². The van der Waals surface area contributed by atoms with Gasteiger partial charge in [-0.2, -0.15) is 5.26 Å². The second-order valence-corrected chi connectivity index (χ2v) is 4.44. The molecule has 0 fully saturated rings. The molecule has 1 aromatic rings. The molecular weight excluding hydrogens is 200 g/mol. The van der Waals surface area contributed by atoms with Crippen LogP contribution in [0.2, 0.25) is 0 Å². The number of aromatic nitrogens is 1. The molecule has 0 amide bonds. The summed E-state index contributed by atoms with van der Waals surface area (Å²) >= 11 is 0. The average Bonchev–Trinajstić information content (AvgIpc) is 2.18. The van der Waals surface area contributed by atoms with Crippen LogP contribution >= 0.6 is 0 Å². The van der Waals surface area contributed by atoms with Crippen molar-refractivity contribution in [3.63, 3.8) is 0 Å². The summed E-state index contributed by atoms with van der Waals surface area (Å²) in [6.45, 7) is 4.83. The van der Waals surface area contributed by atoms with Gasteiger partial charge in [-0.05, 0) is 19.1 Å². The lowest BCUT2D eigenvalue weighted by Crippen LogP contribution is -2.03. The zero-order valence-electron chi connectivity index (χ0n) is 7.56. The fraction of sp³-hybridized carbons (Fsp3) is 0.111. The fourth-order valence-corrected chi connectivity index (χ4v) is 1.76. The van der Waals surface area contributed by atoms with Gasteiger partial charge in [0.1, 0.15) is 6.07 Å². The predicted molar refractivity (Wildman–Crippen MR) is 51.1 cm³/mol. The summed E-state index contributed by atoms with van der Waals surface area (Å²) < 4.78 is 22.8. The van der Waals surface area contributed by atoms with Gasteiger partial charge in [0.15, 0.2) is 5.03 Å². The Morgan fingerprint density at radius 3 is 2.71 bits per heavy atom. The highest BCUT2D eigenvalue weighted by Crippen LogP contribution is 2.14. The van der Waals surface area contributed by atoms with Crippen LogP contribution in [0.15, 0.2) is 29.1 Å². The van der Waals surface area contributed by atoms with Crippen molar-refractivity contribution in [3.05, 3.63) is 35.4 Å². The normalized spacial score (nSPS) is 10.6. The molecule has 0 unspecified atom stereocenters. The second-order valence-electron chi connectivity index (χ2n) is 2.63. The monoisotopic (exact) mass is 208 g/mol. The highest BCUT2D eigenvalue weighted by atomic mass is 32.2. The molecule has 0 saturated heterocycles. The Morgan fingerprint density at radius 1 is 1.57 bits per heavy atom. The molecule has 5 heteroatoms. The Morgan fingerprint density at radius 2 is 2.21 bits per heavy atom. The highest BCUT2D eigenvalue weighted by Gasteiger charge is 2.16. The molecule has 0 bridgehead atoms. The van der Waals surface area contributed by atoms with Crippen LogP contribution in [-0.2, 0) is 9.84 Å². The van der Waals surface area contributed by atoms with E-state index in [9.17, 15) is 8.42 Å². The Bertz CT molecular complexity index is 512. The van der Waals surface area contributed by atoms with Crippen LogP contribution in [0.1, 0.15) is 11.3 Å². The van der Waals surface area contributed by atoms with Gasteiger partial charge in [-0.3, -0.25) is 0 Å². The van der Waals surface area contributed by atoms with E-state index in [0.29, 0.717) is 5.69 Å². The number of nitrogens with zero attached hydrogens (tertiary/aromatic N) is 2. The highest BCUT2D eigenvalue weighted by molar-refractivity contribution is 7.94. The first-order chi connectivity index (χ1) is 6.51. The summed E-state index contributed by atoms with van der Waals surface area (Å²) in [5.74, 6) is 0. The molecule has 4 nitrogen and oxygen atoms in total. The summed E-state index contributed by atoms with van der Waals surface area (Å²) in [5.41, 5.74) is 0.583. The Kier molecular flexibility index (Phi) is 2.68. The quantitative estimate of drug-likeness (QED) is 0.731. The zero-order chi connectivity index (χ0) is 10.8. The lowest BCUT2D eigenvalue weighted by molar-refractivity contribution is 0.600. The first-order valence-electron chi connectivity index (χ1n) is 3.76. The summed E-state index contributed by atoms with van der Waals surface area (Å²) in [5, 5.41) is 9.24. The van der Waals surface area contributed by atoms with Gasteiger partial charge in [-0.15, -0.1) is 0 Å². The van der Waals surface area contributed by atoms with Gasteiger partial charge in [-0.25, -0.2) is 13.4 Å². The second kappa shape index (κ2) is 3.60. The summed E-state index contributed by atoms with van der Waals surface area (Å²) in [6.07, 6.45) is 0. The third-order valence-electron chi connectivity index (χ3n) is 1.61. The number of pyridine rings is 1. The average molecular weight is 208 g/mol. The number of rotatable bonds is 2. The van der Waals surface area contributed by atoms with E-state index in [1.54, 1.807) is 19.1 Å². The third-order valence-corrected chi connectivity index (χ3v) is 2.90. The SMILES string of the molecule is C=CS(=O)(=O)c1nc(C)ccc1C#N. The van der Waals surface area contributed by atoms with E-state index in [0.717, 1.165) is 5.41 Å². The third kappa shape index (κ3) is 1.80. The molecule has 0 spiro atoms. The van der Waals surface area contributed by atoms with Crippen molar-refractivity contribution < 1.29 is 8.42 Å². The van der Waals surface area contributed by atoms with Crippen LogP contribution in [0.3, 0.4) is 0 Å². The Labute approximate surface area is 82.4 Å². The van der Waals surface area contributed by atoms with Crippen LogP contribution in [-0.4, -0.2) is 13.4 Å². The summed E-state index contributed by atoms with van der Waals surface area (Å²) in [4.78, 5) is 3.80. The van der Waals surface area contributed by atoms with Crippen molar-refractivity contribution >= 4 is 9.84 Å². The number of hydrogen-bond acceptors (Lipinski definition) is 4. The number of nitriles is 1. The van der Waals surface area contributed by atoms with Crippen molar-refractivity contribution in [1.82, 2.24) is 4.98 Å². The molecule has 0 radical (unpaired) electrons. The molecule has 0 atom stereocenters. The molecule has 0 aliphatic carbocycles. The molecule has 1 aromatic heterocycles. The summed E-state index contributed by atoms with van der Waals surface area (Å²) in [7, 11) is -3.63. The van der Waals surface area contributed by atoms with Crippen LogP contribution in [0.25, 0.3) is 0 Å². The molecule has 1 heterocycles. The van der Waals surface area contributed by atoms with Gasteiger partial charge in [0.05, 0.1) is 5.56 Å². The fourth-order valence-electron chi connectivity index (χ4n) is 0.914. The predicted octanol–water partition coefficient (Wildman–Crippen LogP) is 1.18. The largest absolute Gasteiger partial charge is 0.240 e. The maximum absolute atomic E-state index is 11.4. The van der Waals surface area contributed by atoms with Crippen molar-refractivity contribution in [3.8, 4) is 6.07 Å². The first kappa shape index (κ1) is 10.4. The lowest BCUT2D eigenvalue weighted by Gasteiger charge is -2.01. The van der Waals surface area contributed by atoms with Crippen LogP contribution in [0, 0.1) is 18.3 Å². The molecule has 14 heavy (non-hydrogen) atoms. The van der Waals surface area contributed by atoms with Crippen LogP contribution < -0.4 is 0 Å². The molecule has 72 valence electrons.